The van der Waals surface area contributed by atoms with Crippen LogP contribution in [0.15, 0.2) is 24.3 Å². The summed E-state index contributed by atoms with van der Waals surface area (Å²) in [5, 5.41) is 2.95. The number of methoxy groups -OCH3 is 1. The van der Waals surface area contributed by atoms with Crippen LogP contribution < -0.4 is 14.8 Å². The second-order valence-corrected chi connectivity index (χ2v) is 6.88. The van der Waals surface area contributed by atoms with Crippen LogP contribution in [0.1, 0.15) is 25.3 Å². The Hall–Kier alpha value is -2.05. The van der Waals surface area contributed by atoms with E-state index in [1.807, 2.05) is 18.2 Å². The number of piperazine rings is 1. The van der Waals surface area contributed by atoms with E-state index in [-0.39, 0.29) is 5.91 Å². The smallest absolute Gasteiger partial charge is 0.243 e. The minimum absolute atomic E-state index is 0.0707. The Morgan fingerprint density at radius 1 is 1.22 bits per heavy atom. The van der Waals surface area contributed by atoms with Gasteiger partial charge < -0.3 is 24.6 Å². The molecule has 0 bridgehead atoms. The molecular formula is C21H33N3O3. The number of amides is 1. The first-order chi connectivity index (χ1) is 13.1. The lowest BCUT2D eigenvalue weighted by Crippen LogP contribution is -2.45. The van der Waals surface area contributed by atoms with Crippen molar-refractivity contribution >= 4 is 12.0 Å². The molecule has 1 aliphatic rings. The number of nitrogens with one attached hydrogen (secondary N) is 1. The van der Waals surface area contributed by atoms with Crippen molar-refractivity contribution in [1.29, 1.82) is 0 Å². The van der Waals surface area contributed by atoms with Crippen LogP contribution in [0.5, 0.6) is 11.5 Å². The maximum atomic E-state index is 12.0. The maximum Gasteiger partial charge on any atom is 0.243 e. The summed E-state index contributed by atoms with van der Waals surface area (Å²) in [6, 6.07) is 5.68. The van der Waals surface area contributed by atoms with Gasteiger partial charge in [-0.05, 0) is 50.2 Å². The van der Waals surface area contributed by atoms with Crippen molar-refractivity contribution in [3.8, 4) is 11.5 Å². The van der Waals surface area contributed by atoms with E-state index in [9.17, 15) is 4.79 Å². The fourth-order valence-electron chi connectivity index (χ4n) is 2.94. The molecule has 1 aromatic carbocycles. The van der Waals surface area contributed by atoms with E-state index in [4.69, 9.17) is 9.47 Å². The summed E-state index contributed by atoms with van der Waals surface area (Å²) in [4.78, 5) is 16.8. The molecule has 6 nitrogen and oxygen atoms in total. The number of rotatable bonds is 10. The molecule has 27 heavy (non-hydrogen) atoms. The summed E-state index contributed by atoms with van der Waals surface area (Å²) in [6.45, 7) is 8.93. The molecule has 0 saturated carbocycles. The third-order valence-electron chi connectivity index (χ3n) is 4.62. The predicted octanol–water partition coefficient (Wildman–Crippen LogP) is 2.25. The van der Waals surface area contributed by atoms with Crippen LogP contribution in [0, 0.1) is 0 Å². The Balaban J connectivity index is 1.72. The molecule has 1 saturated heterocycles. The predicted molar refractivity (Wildman–Crippen MR) is 109 cm³/mol. The molecule has 0 aliphatic carbocycles. The zero-order valence-corrected chi connectivity index (χ0v) is 16.9. The summed E-state index contributed by atoms with van der Waals surface area (Å²) in [7, 11) is 3.78. The Kier molecular flexibility index (Phi) is 9.15. The van der Waals surface area contributed by atoms with Gasteiger partial charge in [-0.25, -0.2) is 0 Å². The van der Waals surface area contributed by atoms with Crippen molar-refractivity contribution in [3.63, 3.8) is 0 Å². The summed E-state index contributed by atoms with van der Waals surface area (Å²) in [5.41, 5.74) is 0.906. The van der Waals surface area contributed by atoms with Crippen LogP contribution >= 0.6 is 0 Å². The lowest BCUT2D eigenvalue weighted by Gasteiger charge is -2.32. The van der Waals surface area contributed by atoms with E-state index >= 15 is 0 Å². The molecular weight excluding hydrogens is 342 g/mol. The zero-order chi connectivity index (χ0) is 19.5. The van der Waals surface area contributed by atoms with Crippen molar-refractivity contribution in [1.82, 2.24) is 15.1 Å². The van der Waals surface area contributed by atoms with E-state index in [0.717, 1.165) is 56.9 Å². The van der Waals surface area contributed by atoms with Gasteiger partial charge in [-0.1, -0.05) is 13.0 Å². The van der Waals surface area contributed by atoms with E-state index in [1.165, 1.54) is 0 Å². The van der Waals surface area contributed by atoms with Crippen molar-refractivity contribution in [2.24, 2.45) is 0 Å². The Bertz CT molecular complexity index is 611. The van der Waals surface area contributed by atoms with E-state index in [0.29, 0.717) is 18.9 Å². The molecule has 1 aliphatic heterocycles. The highest BCUT2D eigenvalue weighted by molar-refractivity contribution is 5.91. The average Bonchev–Trinajstić information content (AvgIpc) is 2.69. The number of ether oxygens (including phenoxy) is 2. The van der Waals surface area contributed by atoms with Gasteiger partial charge in [0.2, 0.25) is 5.91 Å². The fourth-order valence-corrected chi connectivity index (χ4v) is 2.94. The maximum absolute atomic E-state index is 12.0. The highest BCUT2D eigenvalue weighted by atomic mass is 16.5. The molecule has 1 heterocycles. The molecule has 6 heteroatoms. The van der Waals surface area contributed by atoms with Gasteiger partial charge in [-0.15, -0.1) is 0 Å². The number of likely N-dealkylation sites (N-methyl/N-ethyl adjacent to an activating group) is 1. The first-order valence-electron chi connectivity index (χ1n) is 9.80. The van der Waals surface area contributed by atoms with Crippen LogP contribution in [-0.2, 0) is 4.79 Å². The van der Waals surface area contributed by atoms with Crippen LogP contribution in [0.2, 0.25) is 0 Å². The number of carbonyl (C=O) groups is 1. The number of carbonyl (C=O) groups excluding carboxylic acids is 1. The first-order valence-corrected chi connectivity index (χ1v) is 9.80. The normalized spacial score (nSPS) is 15.8. The van der Waals surface area contributed by atoms with Crippen LogP contribution in [0.4, 0.5) is 0 Å². The van der Waals surface area contributed by atoms with Gasteiger partial charge in [-0.2, -0.15) is 0 Å². The van der Waals surface area contributed by atoms with Gasteiger partial charge in [-0.3, -0.25) is 4.79 Å². The zero-order valence-electron chi connectivity index (χ0n) is 16.9. The molecule has 150 valence electrons. The van der Waals surface area contributed by atoms with E-state index in [1.54, 1.807) is 19.3 Å². The third-order valence-corrected chi connectivity index (χ3v) is 4.62. The summed E-state index contributed by atoms with van der Waals surface area (Å²) in [6.07, 6.45) is 5.28. The summed E-state index contributed by atoms with van der Waals surface area (Å²) < 4.78 is 11.0. The second kappa shape index (κ2) is 11.6. The molecule has 2 rings (SSSR count). The Morgan fingerprint density at radius 3 is 2.70 bits per heavy atom. The molecule has 1 amide bonds. The molecule has 0 radical (unpaired) electrons. The number of benzene rings is 1. The molecule has 1 N–H and O–H groups in total. The van der Waals surface area contributed by atoms with Crippen LogP contribution in [0.25, 0.3) is 6.08 Å². The third kappa shape index (κ3) is 7.61. The lowest BCUT2D eigenvalue weighted by atomic mass is 10.2. The fraction of sp³-hybridized carbons (Fsp3) is 0.571. The second-order valence-electron chi connectivity index (χ2n) is 6.88. The highest BCUT2D eigenvalue weighted by Crippen LogP contribution is 2.28. The Labute approximate surface area is 163 Å². The topological polar surface area (TPSA) is 54.0 Å². The largest absolute Gasteiger partial charge is 0.493 e. The van der Waals surface area contributed by atoms with Crippen molar-refractivity contribution in [2.75, 3.05) is 60.0 Å². The summed E-state index contributed by atoms with van der Waals surface area (Å²) >= 11 is 0. The summed E-state index contributed by atoms with van der Waals surface area (Å²) in [5.74, 6) is 1.33. The van der Waals surface area contributed by atoms with Gasteiger partial charge in [0.25, 0.3) is 0 Å². The van der Waals surface area contributed by atoms with Gasteiger partial charge in [0.15, 0.2) is 11.5 Å². The Morgan fingerprint density at radius 2 is 2.00 bits per heavy atom. The van der Waals surface area contributed by atoms with E-state index in [2.05, 4.69) is 29.1 Å². The van der Waals surface area contributed by atoms with Gasteiger partial charge >= 0.3 is 0 Å². The highest BCUT2D eigenvalue weighted by Gasteiger charge is 2.12. The van der Waals surface area contributed by atoms with Crippen molar-refractivity contribution < 1.29 is 14.3 Å². The quantitative estimate of drug-likeness (QED) is 0.502. The molecule has 0 unspecified atom stereocenters. The molecule has 0 aromatic heterocycles. The number of hydrogen-bond donors (Lipinski definition) is 1. The van der Waals surface area contributed by atoms with Gasteiger partial charge in [0.1, 0.15) is 0 Å². The number of nitrogens with zero attached hydrogens (tertiary/aromatic N) is 2. The van der Waals surface area contributed by atoms with Crippen molar-refractivity contribution in [2.45, 2.75) is 19.8 Å². The minimum atomic E-state index is -0.0707. The van der Waals surface area contributed by atoms with Crippen LogP contribution in [-0.4, -0.2) is 75.7 Å². The van der Waals surface area contributed by atoms with Crippen LogP contribution in [0.3, 0.4) is 0 Å². The SMILES string of the molecule is CCCOc1ccc(C=CC(=O)NCCCN2CCN(C)CC2)cc1OC. The lowest BCUT2D eigenvalue weighted by molar-refractivity contribution is -0.116. The minimum Gasteiger partial charge on any atom is -0.493 e. The molecule has 0 spiro atoms. The standard InChI is InChI=1S/C21H33N3O3/c1-4-16-27-19-8-6-18(17-20(19)26-3)7-9-21(25)22-10-5-11-24-14-12-23(2)13-15-24/h6-9,17H,4-5,10-16H2,1-3H3,(H,22,25). The first kappa shape index (κ1) is 21.3. The average molecular weight is 376 g/mol. The van der Waals surface area contributed by atoms with Crippen molar-refractivity contribution in [3.05, 3.63) is 29.8 Å². The monoisotopic (exact) mass is 375 g/mol. The van der Waals surface area contributed by atoms with Gasteiger partial charge in [0.05, 0.1) is 13.7 Å². The molecule has 0 atom stereocenters. The molecule has 1 fully saturated rings. The van der Waals surface area contributed by atoms with Gasteiger partial charge in [0, 0.05) is 38.8 Å². The number of hydrogen-bond acceptors (Lipinski definition) is 5. The molecule has 1 aromatic rings. The van der Waals surface area contributed by atoms with E-state index < -0.39 is 0 Å².